The van der Waals surface area contributed by atoms with E-state index in [0.717, 1.165) is 5.56 Å². The van der Waals surface area contributed by atoms with Crippen LogP contribution in [0.3, 0.4) is 0 Å². The van der Waals surface area contributed by atoms with Crippen LogP contribution in [0.2, 0.25) is 0 Å². The molecule has 0 radical (unpaired) electrons. The van der Waals surface area contributed by atoms with Crippen LogP contribution in [0, 0.1) is 5.82 Å². The molecule has 0 saturated heterocycles. The lowest BCUT2D eigenvalue weighted by Gasteiger charge is -2.22. The maximum Gasteiger partial charge on any atom is 0.325 e. The zero-order chi connectivity index (χ0) is 15.9. The molecule has 0 aliphatic heterocycles. The van der Waals surface area contributed by atoms with Crippen LogP contribution in [0.1, 0.15) is 15.9 Å². The van der Waals surface area contributed by atoms with Gasteiger partial charge in [-0.3, -0.25) is 9.59 Å². The molecule has 0 aliphatic rings. The number of halogens is 1. The van der Waals surface area contributed by atoms with Gasteiger partial charge in [-0.05, 0) is 17.7 Å². The van der Waals surface area contributed by atoms with Gasteiger partial charge < -0.3 is 9.64 Å². The number of rotatable bonds is 5. The Hall–Kier alpha value is -2.69. The topological polar surface area (TPSA) is 46.6 Å². The molecule has 0 N–H and O–H groups in total. The van der Waals surface area contributed by atoms with Gasteiger partial charge in [0.1, 0.15) is 12.4 Å². The Kier molecular flexibility index (Phi) is 5.25. The van der Waals surface area contributed by atoms with E-state index in [0.29, 0.717) is 0 Å². The first-order chi connectivity index (χ1) is 10.6. The summed E-state index contributed by atoms with van der Waals surface area (Å²) in [4.78, 5) is 25.3. The summed E-state index contributed by atoms with van der Waals surface area (Å²) in [5.74, 6) is -1.72. The van der Waals surface area contributed by atoms with E-state index in [-0.39, 0.29) is 18.7 Å². The maximum absolute atomic E-state index is 13.8. The molecule has 4 nitrogen and oxygen atoms in total. The number of esters is 1. The molecule has 5 heteroatoms. The lowest BCUT2D eigenvalue weighted by molar-refractivity contribution is -0.141. The van der Waals surface area contributed by atoms with Crippen molar-refractivity contribution in [1.29, 1.82) is 0 Å². The van der Waals surface area contributed by atoms with Crippen molar-refractivity contribution in [2.24, 2.45) is 0 Å². The van der Waals surface area contributed by atoms with Gasteiger partial charge in [-0.15, -0.1) is 0 Å². The predicted molar refractivity (Wildman–Crippen MR) is 79.6 cm³/mol. The second kappa shape index (κ2) is 7.36. The third-order valence-electron chi connectivity index (χ3n) is 3.16. The van der Waals surface area contributed by atoms with Gasteiger partial charge >= 0.3 is 5.97 Å². The monoisotopic (exact) mass is 301 g/mol. The number of hydrogen-bond donors (Lipinski definition) is 0. The molecule has 2 aromatic carbocycles. The first kappa shape index (κ1) is 15.7. The van der Waals surface area contributed by atoms with Gasteiger partial charge in [0, 0.05) is 6.54 Å². The molecule has 22 heavy (non-hydrogen) atoms. The van der Waals surface area contributed by atoms with Crippen molar-refractivity contribution >= 4 is 11.9 Å². The van der Waals surface area contributed by atoms with E-state index in [2.05, 4.69) is 4.74 Å². The minimum atomic E-state index is -0.615. The number of ether oxygens (including phenoxy) is 1. The summed E-state index contributed by atoms with van der Waals surface area (Å²) in [6, 6.07) is 14.9. The summed E-state index contributed by atoms with van der Waals surface area (Å²) < 4.78 is 18.4. The first-order valence-electron chi connectivity index (χ1n) is 6.76. The van der Waals surface area contributed by atoms with Gasteiger partial charge in [-0.25, -0.2) is 4.39 Å². The quantitative estimate of drug-likeness (QED) is 0.798. The van der Waals surface area contributed by atoms with E-state index < -0.39 is 17.7 Å². The largest absolute Gasteiger partial charge is 0.468 e. The Bertz CT molecular complexity index is 658. The molecule has 2 aromatic rings. The van der Waals surface area contributed by atoms with Gasteiger partial charge in [-0.2, -0.15) is 0 Å². The molecule has 0 unspecified atom stereocenters. The number of carbonyl (C=O) groups excluding carboxylic acids is 2. The fourth-order valence-electron chi connectivity index (χ4n) is 2.03. The van der Waals surface area contributed by atoms with Gasteiger partial charge in [0.2, 0.25) is 0 Å². The second-order valence-corrected chi connectivity index (χ2v) is 4.70. The molecule has 0 aromatic heterocycles. The van der Waals surface area contributed by atoms with Gasteiger partial charge in [0.05, 0.1) is 12.7 Å². The number of methoxy groups -OCH3 is 1. The average Bonchev–Trinajstić information content (AvgIpc) is 2.55. The van der Waals surface area contributed by atoms with Crippen LogP contribution in [0.15, 0.2) is 54.6 Å². The van der Waals surface area contributed by atoms with Crippen LogP contribution in [0.5, 0.6) is 0 Å². The van der Waals surface area contributed by atoms with Gasteiger partial charge in [0.25, 0.3) is 5.91 Å². The van der Waals surface area contributed by atoms with Crippen LogP contribution in [-0.4, -0.2) is 30.4 Å². The second-order valence-electron chi connectivity index (χ2n) is 4.70. The zero-order valence-electron chi connectivity index (χ0n) is 12.2. The molecule has 114 valence electrons. The minimum Gasteiger partial charge on any atom is -0.468 e. The molecule has 0 bridgehead atoms. The molecule has 0 fully saturated rings. The first-order valence-corrected chi connectivity index (χ1v) is 6.76. The third-order valence-corrected chi connectivity index (χ3v) is 3.16. The van der Waals surface area contributed by atoms with E-state index in [1.165, 1.54) is 30.2 Å². The van der Waals surface area contributed by atoms with Crippen LogP contribution in [-0.2, 0) is 16.1 Å². The van der Waals surface area contributed by atoms with Crippen LogP contribution in [0.4, 0.5) is 4.39 Å². The lowest BCUT2D eigenvalue weighted by Crippen LogP contribution is -2.36. The normalized spacial score (nSPS) is 10.1. The standard InChI is InChI=1S/C17H16FNO3/c1-22-16(20)12-19(11-13-7-3-2-4-8-13)17(21)14-9-5-6-10-15(14)18/h2-10H,11-12H2,1H3. The Balaban J connectivity index is 2.25. The Labute approximate surface area is 128 Å². The lowest BCUT2D eigenvalue weighted by atomic mass is 10.1. The molecular weight excluding hydrogens is 285 g/mol. The summed E-state index contributed by atoms with van der Waals surface area (Å²) in [6.07, 6.45) is 0. The fraction of sp³-hybridized carbons (Fsp3) is 0.176. The maximum atomic E-state index is 13.8. The number of amides is 1. The number of nitrogens with zero attached hydrogens (tertiary/aromatic N) is 1. The van der Waals surface area contributed by atoms with Gasteiger partial charge in [-0.1, -0.05) is 42.5 Å². The highest BCUT2D eigenvalue weighted by atomic mass is 19.1. The number of benzene rings is 2. The molecule has 2 rings (SSSR count). The molecule has 0 spiro atoms. The number of carbonyl (C=O) groups is 2. The highest BCUT2D eigenvalue weighted by Crippen LogP contribution is 2.13. The van der Waals surface area contributed by atoms with E-state index in [9.17, 15) is 14.0 Å². The van der Waals surface area contributed by atoms with Crippen LogP contribution in [0.25, 0.3) is 0 Å². The van der Waals surface area contributed by atoms with Crippen LogP contribution >= 0.6 is 0 Å². The predicted octanol–water partition coefficient (Wildman–Crippen LogP) is 2.64. The Morgan fingerprint density at radius 2 is 1.68 bits per heavy atom. The van der Waals surface area contributed by atoms with Crippen molar-refractivity contribution in [1.82, 2.24) is 4.90 Å². The van der Waals surface area contributed by atoms with E-state index in [1.807, 2.05) is 30.3 Å². The van der Waals surface area contributed by atoms with Crippen molar-refractivity contribution in [2.75, 3.05) is 13.7 Å². The van der Waals surface area contributed by atoms with Gasteiger partial charge in [0.15, 0.2) is 0 Å². The van der Waals surface area contributed by atoms with E-state index >= 15 is 0 Å². The summed E-state index contributed by atoms with van der Waals surface area (Å²) in [6.45, 7) is -0.0400. The van der Waals surface area contributed by atoms with Crippen molar-refractivity contribution in [3.8, 4) is 0 Å². The molecule has 0 aliphatic carbocycles. The third kappa shape index (κ3) is 3.91. The fourth-order valence-corrected chi connectivity index (χ4v) is 2.03. The van der Waals surface area contributed by atoms with Crippen molar-refractivity contribution in [3.05, 3.63) is 71.5 Å². The molecular formula is C17H16FNO3. The molecule has 0 heterocycles. The van der Waals surface area contributed by atoms with Crippen molar-refractivity contribution in [3.63, 3.8) is 0 Å². The van der Waals surface area contributed by atoms with Crippen molar-refractivity contribution < 1.29 is 18.7 Å². The average molecular weight is 301 g/mol. The molecule has 0 saturated carbocycles. The van der Waals surface area contributed by atoms with E-state index in [4.69, 9.17) is 0 Å². The molecule has 0 atom stereocenters. The highest BCUT2D eigenvalue weighted by Gasteiger charge is 2.21. The van der Waals surface area contributed by atoms with Crippen molar-refractivity contribution in [2.45, 2.75) is 6.54 Å². The molecule has 1 amide bonds. The Morgan fingerprint density at radius 3 is 2.32 bits per heavy atom. The summed E-state index contributed by atoms with van der Waals surface area (Å²) in [5, 5.41) is 0. The smallest absolute Gasteiger partial charge is 0.325 e. The SMILES string of the molecule is COC(=O)CN(Cc1ccccc1)C(=O)c1ccccc1F. The zero-order valence-corrected chi connectivity index (χ0v) is 12.2. The van der Waals surface area contributed by atoms with Crippen LogP contribution < -0.4 is 0 Å². The highest BCUT2D eigenvalue weighted by molar-refractivity contribution is 5.96. The minimum absolute atomic E-state index is 0.0673. The Morgan fingerprint density at radius 1 is 1.05 bits per heavy atom. The van der Waals surface area contributed by atoms with E-state index in [1.54, 1.807) is 6.07 Å². The summed E-state index contributed by atoms with van der Waals surface area (Å²) in [7, 11) is 1.25. The summed E-state index contributed by atoms with van der Waals surface area (Å²) >= 11 is 0. The summed E-state index contributed by atoms with van der Waals surface area (Å²) in [5.41, 5.74) is 0.776. The number of hydrogen-bond acceptors (Lipinski definition) is 3.